The number of carbonyl (C=O) groups excluding carboxylic acids is 3. The van der Waals surface area contributed by atoms with Crippen LogP contribution >= 0.6 is 23.4 Å². The van der Waals surface area contributed by atoms with Crippen molar-refractivity contribution in [2.24, 2.45) is 0 Å². The van der Waals surface area contributed by atoms with Crippen LogP contribution in [0.25, 0.3) is 16.8 Å². The van der Waals surface area contributed by atoms with Gasteiger partial charge in [0.2, 0.25) is 5.91 Å². The molecule has 5 rings (SSSR count). The van der Waals surface area contributed by atoms with Crippen molar-refractivity contribution in [2.75, 3.05) is 18.5 Å². The Kier molecular flexibility index (Phi) is 8.38. The molecule has 0 radical (unpaired) electrons. The zero-order chi connectivity index (χ0) is 28.1. The quantitative estimate of drug-likeness (QED) is 0.214. The number of ether oxygens (including phenoxy) is 2. The number of benzene rings is 4. The molecule has 1 heterocycles. The average Bonchev–Trinajstić information content (AvgIpc) is 3.20. The summed E-state index contributed by atoms with van der Waals surface area (Å²) in [5, 5.41) is 4.43. The molecule has 1 aliphatic heterocycles. The largest absolute Gasteiger partial charge is 0.490 e. The molecule has 0 saturated carbocycles. The summed E-state index contributed by atoms with van der Waals surface area (Å²) in [5.74, 6) is -0.211. The molecule has 4 aromatic rings. The van der Waals surface area contributed by atoms with E-state index in [4.69, 9.17) is 21.1 Å². The first kappa shape index (κ1) is 27.3. The van der Waals surface area contributed by atoms with E-state index >= 15 is 0 Å². The summed E-state index contributed by atoms with van der Waals surface area (Å²) < 4.78 is 11.7. The number of imide groups is 1. The Hall–Kier alpha value is -4.27. The molecule has 1 aliphatic rings. The Morgan fingerprint density at radius 3 is 2.52 bits per heavy atom. The van der Waals surface area contributed by atoms with Crippen molar-refractivity contribution >= 4 is 63.0 Å². The number of halogens is 1. The molecule has 0 aliphatic carbocycles. The summed E-state index contributed by atoms with van der Waals surface area (Å²) in [5.41, 5.74) is 2.15. The normalized spacial score (nSPS) is 14.2. The van der Waals surface area contributed by atoms with Crippen molar-refractivity contribution in [2.45, 2.75) is 13.5 Å². The first-order chi connectivity index (χ1) is 19.4. The van der Waals surface area contributed by atoms with Gasteiger partial charge in [0, 0.05) is 11.1 Å². The highest BCUT2D eigenvalue weighted by molar-refractivity contribution is 8.18. The minimum Gasteiger partial charge on any atom is -0.490 e. The van der Waals surface area contributed by atoms with E-state index in [1.807, 2.05) is 73.7 Å². The molecule has 0 bridgehead atoms. The van der Waals surface area contributed by atoms with Gasteiger partial charge in [0.25, 0.3) is 11.1 Å². The summed E-state index contributed by atoms with van der Waals surface area (Å²) in [6.07, 6.45) is 1.56. The number of hydrogen-bond acceptors (Lipinski definition) is 6. The van der Waals surface area contributed by atoms with Gasteiger partial charge in [-0.25, -0.2) is 0 Å². The van der Waals surface area contributed by atoms with E-state index in [0.717, 1.165) is 33.0 Å². The fraction of sp³-hybridized carbons (Fsp3) is 0.129. The summed E-state index contributed by atoms with van der Waals surface area (Å²) in [7, 11) is 0. The highest BCUT2D eigenvalue weighted by atomic mass is 35.5. The van der Waals surface area contributed by atoms with Crippen LogP contribution in [-0.4, -0.2) is 35.1 Å². The number of nitrogens with zero attached hydrogens (tertiary/aromatic N) is 1. The summed E-state index contributed by atoms with van der Waals surface area (Å²) in [6.45, 7) is 2.13. The Labute approximate surface area is 240 Å². The highest BCUT2D eigenvalue weighted by Gasteiger charge is 2.36. The Balaban J connectivity index is 1.31. The Morgan fingerprint density at radius 1 is 0.975 bits per heavy atom. The number of rotatable bonds is 9. The second-order valence-corrected chi connectivity index (χ2v) is 10.3. The van der Waals surface area contributed by atoms with Crippen molar-refractivity contribution < 1.29 is 23.9 Å². The summed E-state index contributed by atoms with van der Waals surface area (Å²) in [4.78, 5) is 39.7. The van der Waals surface area contributed by atoms with Crippen LogP contribution in [0.15, 0.2) is 89.8 Å². The third kappa shape index (κ3) is 6.14. The second-order valence-electron chi connectivity index (χ2n) is 8.88. The number of hydrogen-bond donors (Lipinski definition) is 1. The minimum atomic E-state index is -0.554. The van der Waals surface area contributed by atoms with E-state index in [9.17, 15) is 14.4 Å². The SMILES string of the molecule is CCOc1cc(/C=C2\SC(=O)N(CC(=O)Nc3cccc4ccccc34)C2=O)cc(Cl)c1OCc1ccccc1. The lowest BCUT2D eigenvalue weighted by atomic mass is 10.1. The van der Waals surface area contributed by atoms with Gasteiger partial charge in [0.05, 0.1) is 16.5 Å². The van der Waals surface area contributed by atoms with Gasteiger partial charge in [-0.1, -0.05) is 78.3 Å². The average molecular weight is 573 g/mol. The number of thioether (sulfide) groups is 1. The molecule has 0 spiro atoms. The van der Waals surface area contributed by atoms with E-state index in [-0.39, 0.29) is 4.91 Å². The molecule has 202 valence electrons. The van der Waals surface area contributed by atoms with Gasteiger partial charge in [-0.05, 0) is 59.5 Å². The molecule has 1 saturated heterocycles. The van der Waals surface area contributed by atoms with Gasteiger partial charge in [-0.3, -0.25) is 19.3 Å². The van der Waals surface area contributed by atoms with E-state index in [1.165, 1.54) is 0 Å². The fourth-order valence-corrected chi connectivity index (χ4v) is 5.37. The van der Waals surface area contributed by atoms with Gasteiger partial charge in [0.1, 0.15) is 13.2 Å². The molecule has 0 aromatic heterocycles. The van der Waals surface area contributed by atoms with Crippen LogP contribution in [0.4, 0.5) is 10.5 Å². The van der Waals surface area contributed by atoms with Gasteiger partial charge < -0.3 is 14.8 Å². The van der Waals surface area contributed by atoms with Crippen LogP contribution in [0.3, 0.4) is 0 Å². The highest BCUT2D eigenvalue weighted by Crippen LogP contribution is 2.39. The topological polar surface area (TPSA) is 84.9 Å². The van der Waals surface area contributed by atoms with Crippen LogP contribution in [0.2, 0.25) is 5.02 Å². The van der Waals surface area contributed by atoms with Gasteiger partial charge >= 0.3 is 0 Å². The number of nitrogens with one attached hydrogen (secondary N) is 1. The maximum atomic E-state index is 13.1. The standard InChI is InChI=1S/C31H25ClN2O5S/c1-2-38-26-16-21(15-24(32)29(26)39-19-20-9-4-3-5-10-20)17-27-30(36)34(31(37)40-27)18-28(35)33-25-14-8-12-22-11-6-7-13-23(22)25/h3-17H,2,18-19H2,1H3,(H,33,35)/b27-17-. The Morgan fingerprint density at radius 2 is 1.73 bits per heavy atom. The molecule has 40 heavy (non-hydrogen) atoms. The van der Waals surface area contributed by atoms with Crippen LogP contribution in [-0.2, 0) is 16.2 Å². The lowest BCUT2D eigenvalue weighted by Crippen LogP contribution is -2.36. The summed E-state index contributed by atoms with van der Waals surface area (Å²) in [6, 6.07) is 26.2. The van der Waals surface area contributed by atoms with Crippen molar-refractivity contribution in [3.8, 4) is 11.5 Å². The van der Waals surface area contributed by atoms with Crippen molar-refractivity contribution in [3.05, 3.63) is 106 Å². The monoisotopic (exact) mass is 572 g/mol. The van der Waals surface area contributed by atoms with E-state index in [0.29, 0.717) is 41.0 Å². The van der Waals surface area contributed by atoms with Crippen LogP contribution < -0.4 is 14.8 Å². The number of amides is 3. The van der Waals surface area contributed by atoms with Crippen molar-refractivity contribution in [1.82, 2.24) is 4.90 Å². The third-order valence-electron chi connectivity index (χ3n) is 6.09. The first-order valence-electron chi connectivity index (χ1n) is 12.6. The molecule has 1 N–H and O–H groups in total. The maximum absolute atomic E-state index is 13.1. The third-order valence-corrected chi connectivity index (χ3v) is 7.28. The fourth-order valence-electron chi connectivity index (χ4n) is 4.26. The lowest BCUT2D eigenvalue weighted by Gasteiger charge is -2.15. The summed E-state index contributed by atoms with van der Waals surface area (Å²) >= 11 is 7.31. The van der Waals surface area contributed by atoms with Gasteiger partial charge in [0.15, 0.2) is 11.5 Å². The Bertz CT molecular complexity index is 1620. The molecular weight excluding hydrogens is 548 g/mol. The number of anilines is 1. The van der Waals surface area contributed by atoms with Crippen molar-refractivity contribution in [3.63, 3.8) is 0 Å². The smallest absolute Gasteiger partial charge is 0.294 e. The van der Waals surface area contributed by atoms with Crippen LogP contribution in [0.1, 0.15) is 18.1 Å². The molecule has 3 amide bonds. The van der Waals surface area contributed by atoms with Gasteiger partial charge in [-0.2, -0.15) is 0 Å². The first-order valence-corrected chi connectivity index (χ1v) is 13.8. The predicted octanol–water partition coefficient (Wildman–Crippen LogP) is 7.15. The molecule has 4 aromatic carbocycles. The van der Waals surface area contributed by atoms with Gasteiger partial charge in [-0.15, -0.1) is 0 Å². The predicted molar refractivity (Wildman–Crippen MR) is 159 cm³/mol. The molecule has 0 atom stereocenters. The van der Waals surface area contributed by atoms with Crippen LogP contribution in [0, 0.1) is 0 Å². The second kappa shape index (κ2) is 12.3. The van der Waals surface area contributed by atoms with E-state index in [2.05, 4.69) is 5.32 Å². The molecule has 0 unspecified atom stereocenters. The number of carbonyl (C=O) groups is 3. The molecular formula is C31H25ClN2O5S. The zero-order valence-electron chi connectivity index (χ0n) is 21.6. The maximum Gasteiger partial charge on any atom is 0.294 e. The lowest BCUT2D eigenvalue weighted by molar-refractivity contribution is -0.127. The van der Waals surface area contributed by atoms with Crippen molar-refractivity contribution in [1.29, 1.82) is 0 Å². The van der Waals surface area contributed by atoms with E-state index < -0.39 is 23.6 Å². The minimum absolute atomic E-state index is 0.180. The van der Waals surface area contributed by atoms with Crippen LogP contribution in [0.5, 0.6) is 11.5 Å². The zero-order valence-corrected chi connectivity index (χ0v) is 23.1. The van der Waals surface area contributed by atoms with E-state index in [1.54, 1.807) is 24.3 Å². The molecule has 1 fully saturated rings. The molecule has 9 heteroatoms. The molecule has 7 nitrogen and oxygen atoms in total. The number of fused-ring (bicyclic) bond motifs is 1.